The van der Waals surface area contributed by atoms with E-state index in [4.69, 9.17) is 0 Å². The molecular weight excluding hydrogens is 384 g/mol. The topological polar surface area (TPSA) is 27.1 Å². The molecule has 0 aromatic heterocycles. The first-order valence-corrected chi connectivity index (χ1v) is 12.6. The van der Waals surface area contributed by atoms with Crippen molar-refractivity contribution in [2.75, 3.05) is 11.4 Å². The highest BCUT2D eigenvalue weighted by Gasteiger charge is 2.56. The van der Waals surface area contributed by atoms with Crippen LogP contribution in [0, 0.1) is 21.7 Å². The third-order valence-electron chi connectivity index (χ3n) is 7.66. The smallest absolute Gasteiger partial charge is 0.161 e. The number of rotatable bonds is 3. The largest absolute Gasteiger partial charge is 0.322 e. The lowest BCUT2D eigenvalue weighted by atomic mass is 9.51. The zero-order valence-electron chi connectivity index (χ0n) is 19.9. The molecule has 1 fully saturated rings. The van der Waals surface area contributed by atoms with Crippen molar-refractivity contribution >= 4 is 22.6 Å². The van der Waals surface area contributed by atoms with E-state index in [0.717, 1.165) is 17.4 Å². The second-order valence-corrected chi connectivity index (χ2v) is 13.5. The van der Waals surface area contributed by atoms with Gasteiger partial charge >= 0.3 is 0 Å². The molecule has 0 aliphatic heterocycles. The van der Waals surface area contributed by atoms with Crippen molar-refractivity contribution in [3.63, 3.8) is 0 Å². The minimum atomic E-state index is 0.0971. The van der Waals surface area contributed by atoms with Crippen LogP contribution in [0.15, 0.2) is 41.5 Å². The van der Waals surface area contributed by atoms with E-state index in [1.54, 1.807) is 11.1 Å². The van der Waals surface area contributed by atoms with Crippen molar-refractivity contribution in [1.29, 1.82) is 5.41 Å². The Morgan fingerprint density at radius 2 is 1.67 bits per heavy atom. The first-order chi connectivity index (χ1) is 14.0. The number of amidine groups is 1. The highest BCUT2D eigenvalue weighted by molar-refractivity contribution is 8.15. The monoisotopic (exact) mass is 424 g/mol. The van der Waals surface area contributed by atoms with Crippen LogP contribution in [-0.2, 0) is 0 Å². The summed E-state index contributed by atoms with van der Waals surface area (Å²) in [5.74, 6) is 0. The standard InChI is InChI=1S/C27H40N2S/c1-7-29(21-11-9-8-10-12-21)23(28)30-27-18-25(4,5)17-26(6,19-27)16-20-15-24(2,3)14-13-22(20)27/h8-12,28H,7,13-19H2,1-6H3. The van der Waals surface area contributed by atoms with Crippen LogP contribution >= 0.6 is 11.8 Å². The lowest BCUT2D eigenvalue weighted by molar-refractivity contribution is 0.0610. The van der Waals surface area contributed by atoms with Gasteiger partial charge in [-0.2, -0.15) is 0 Å². The number of thioether (sulfide) groups is 1. The third-order valence-corrected chi connectivity index (χ3v) is 9.00. The summed E-state index contributed by atoms with van der Waals surface area (Å²) in [5, 5.41) is 9.91. The van der Waals surface area contributed by atoms with E-state index in [1.807, 2.05) is 11.8 Å². The van der Waals surface area contributed by atoms with Gasteiger partial charge in [0.05, 0.1) is 0 Å². The molecular formula is C27H40N2S. The number of para-hydroxylation sites is 1. The van der Waals surface area contributed by atoms with Crippen molar-refractivity contribution in [1.82, 2.24) is 0 Å². The van der Waals surface area contributed by atoms with Gasteiger partial charge in [-0.25, -0.2) is 0 Å². The van der Waals surface area contributed by atoms with Crippen LogP contribution in [0.3, 0.4) is 0 Å². The average molecular weight is 425 g/mol. The summed E-state index contributed by atoms with van der Waals surface area (Å²) in [4.78, 5) is 2.19. The number of hydrogen-bond acceptors (Lipinski definition) is 2. The Balaban J connectivity index is 1.73. The van der Waals surface area contributed by atoms with Gasteiger partial charge in [-0.15, -0.1) is 0 Å². The van der Waals surface area contributed by atoms with Crippen LogP contribution in [0.5, 0.6) is 0 Å². The molecule has 2 atom stereocenters. The zero-order valence-corrected chi connectivity index (χ0v) is 20.7. The first-order valence-electron chi connectivity index (χ1n) is 11.8. The molecule has 0 radical (unpaired) electrons. The van der Waals surface area contributed by atoms with Gasteiger partial charge in [0, 0.05) is 17.0 Å². The van der Waals surface area contributed by atoms with Gasteiger partial charge in [-0.3, -0.25) is 5.41 Å². The maximum atomic E-state index is 9.18. The highest BCUT2D eigenvalue weighted by Crippen LogP contribution is 2.66. The molecule has 164 valence electrons. The van der Waals surface area contributed by atoms with Crippen molar-refractivity contribution in [2.24, 2.45) is 16.2 Å². The van der Waals surface area contributed by atoms with E-state index in [-0.39, 0.29) is 4.75 Å². The molecule has 2 unspecified atom stereocenters. The summed E-state index contributed by atoms with van der Waals surface area (Å²) < 4.78 is 0.0971. The van der Waals surface area contributed by atoms with Gasteiger partial charge in [-0.1, -0.05) is 75.7 Å². The molecule has 1 aromatic rings. The number of nitrogens with zero attached hydrogens (tertiary/aromatic N) is 1. The highest BCUT2D eigenvalue weighted by atomic mass is 32.2. The van der Waals surface area contributed by atoms with Crippen molar-refractivity contribution in [3.8, 4) is 0 Å². The Morgan fingerprint density at radius 1 is 0.967 bits per heavy atom. The number of hydrogen-bond donors (Lipinski definition) is 1. The first kappa shape index (κ1) is 22.0. The normalized spacial score (nSPS) is 31.8. The molecule has 1 saturated carbocycles. The predicted octanol–water partition coefficient (Wildman–Crippen LogP) is 8.05. The van der Waals surface area contributed by atoms with Crippen LogP contribution < -0.4 is 4.90 Å². The Kier molecular flexibility index (Phi) is 5.45. The van der Waals surface area contributed by atoms with Crippen LogP contribution in [0.4, 0.5) is 5.69 Å². The molecule has 1 aromatic carbocycles. The Bertz CT molecular complexity index is 853. The van der Waals surface area contributed by atoms with E-state index < -0.39 is 0 Å². The predicted molar refractivity (Wildman–Crippen MR) is 133 cm³/mol. The van der Waals surface area contributed by atoms with Gasteiger partial charge in [-0.05, 0) is 80.2 Å². The lowest BCUT2D eigenvalue weighted by Gasteiger charge is -2.59. The minimum absolute atomic E-state index is 0.0971. The number of allylic oxidation sites excluding steroid dienone is 1. The lowest BCUT2D eigenvalue weighted by Crippen LogP contribution is -2.52. The zero-order chi connectivity index (χ0) is 21.8. The summed E-state index contributed by atoms with van der Waals surface area (Å²) in [7, 11) is 0. The fraction of sp³-hybridized carbons (Fsp3) is 0.667. The Labute approximate surface area is 188 Å². The summed E-state index contributed by atoms with van der Waals surface area (Å²) in [6, 6.07) is 10.5. The fourth-order valence-electron chi connectivity index (χ4n) is 7.22. The van der Waals surface area contributed by atoms with Gasteiger partial charge in [0.25, 0.3) is 0 Å². The maximum Gasteiger partial charge on any atom is 0.161 e. The van der Waals surface area contributed by atoms with Gasteiger partial charge < -0.3 is 4.90 Å². The van der Waals surface area contributed by atoms with E-state index in [9.17, 15) is 5.41 Å². The summed E-state index contributed by atoms with van der Waals surface area (Å²) in [5.41, 5.74) is 5.74. The number of benzene rings is 1. The quantitative estimate of drug-likeness (QED) is 0.302. The van der Waals surface area contributed by atoms with E-state index in [0.29, 0.717) is 16.2 Å². The molecule has 2 nitrogen and oxygen atoms in total. The van der Waals surface area contributed by atoms with E-state index >= 15 is 0 Å². The third kappa shape index (κ3) is 4.11. The average Bonchev–Trinajstić information content (AvgIpc) is 2.59. The van der Waals surface area contributed by atoms with Gasteiger partial charge in [0.15, 0.2) is 5.17 Å². The molecule has 3 aliphatic carbocycles. The molecule has 2 bridgehead atoms. The van der Waals surface area contributed by atoms with Crippen LogP contribution in [0.25, 0.3) is 0 Å². The molecule has 3 aliphatic rings. The molecule has 0 amide bonds. The molecule has 0 heterocycles. The van der Waals surface area contributed by atoms with Crippen molar-refractivity contribution in [2.45, 2.75) is 91.2 Å². The van der Waals surface area contributed by atoms with Gasteiger partial charge in [0.1, 0.15) is 0 Å². The van der Waals surface area contributed by atoms with Crippen molar-refractivity contribution < 1.29 is 0 Å². The summed E-state index contributed by atoms with van der Waals surface area (Å²) in [6.07, 6.45) is 8.80. The number of anilines is 1. The van der Waals surface area contributed by atoms with Crippen LogP contribution in [0.1, 0.15) is 86.5 Å². The molecule has 0 spiro atoms. The summed E-state index contributed by atoms with van der Waals surface area (Å²) >= 11 is 1.89. The minimum Gasteiger partial charge on any atom is -0.322 e. The molecule has 3 heteroatoms. The molecule has 0 saturated heterocycles. The molecule has 4 rings (SSSR count). The van der Waals surface area contributed by atoms with Crippen molar-refractivity contribution in [3.05, 3.63) is 41.5 Å². The van der Waals surface area contributed by atoms with Crippen LogP contribution in [0.2, 0.25) is 0 Å². The second-order valence-electron chi connectivity index (χ2n) is 12.1. The summed E-state index contributed by atoms with van der Waals surface area (Å²) in [6.45, 7) is 15.4. The number of nitrogens with one attached hydrogen (secondary N) is 1. The van der Waals surface area contributed by atoms with Gasteiger partial charge in [0.2, 0.25) is 0 Å². The SMILES string of the molecule is CCN(C(=N)SC12CC(C)(C)CC(C)(CC3=C1CCC(C)(C)C3)C2)c1ccccc1. The fourth-order valence-corrected chi connectivity index (χ4v) is 9.18. The second kappa shape index (κ2) is 7.43. The van der Waals surface area contributed by atoms with E-state index in [1.165, 1.54) is 44.9 Å². The Hall–Kier alpha value is -1.22. The molecule has 1 N–H and O–H groups in total. The van der Waals surface area contributed by atoms with Crippen LogP contribution in [-0.4, -0.2) is 16.5 Å². The van der Waals surface area contributed by atoms with E-state index in [2.05, 4.69) is 76.8 Å². The maximum absolute atomic E-state index is 9.18. The molecule has 30 heavy (non-hydrogen) atoms. The Morgan fingerprint density at radius 3 is 2.33 bits per heavy atom. The number of fused-ring (bicyclic) bond motifs is 3.